The van der Waals surface area contributed by atoms with E-state index in [1.54, 1.807) is 0 Å². The third kappa shape index (κ3) is 3.65. The molecule has 1 N–H and O–H groups in total. The summed E-state index contributed by atoms with van der Waals surface area (Å²) in [6, 6.07) is 0.545. The average molecular weight is 309 g/mol. The Morgan fingerprint density at radius 3 is 3.10 bits per heavy atom. The number of fused-ring (bicyclic) bond motifs is 1. The highest BCUT2D eigenvalue weighted by Crippen LogP contribution is 2.37. The van der Waals surface area contributed by atoms with Crippen LogP contribution < -0.4 is 5.32 Å². The second-order valence-corrected chi connectivity index (χ2v) is 7.75. The van der Waals surface area contributed by atoms with Crippen LogP contribution in [0.25, 0.3) is 0 Å². The van der Waals surface area contributed by atoms with Crippen LogP contribution in [-0.2, 0) is 11.2 Å². The molecule has 4 nitrogen and oxygen atoms in total. The van der Waals surface area contributed by atoms with Gasteiger partial charge in [-0.2, -0.15) is 0 Å². The fourth-order valence-electron chi connectivity index (χ4n) is 3.17. The predicted molar refractivity (Wildman–Crippen MR) is 87.1 cm³/mol. The van der Waals surface area contributed by atoms with Crippen molar-refractivity contribution >= 4 is 11.3 Å². The van der Waals surface area contributed by atoms with Crippen molar-refractivity contribution in [1.82, 2.24) is 15.2 Å². The molecule has 1 saturated heterocycles. The Balaban J connectivity index is 1.74. The maximum absolute atomic E-state index is 5.94. The van der Waals surface area contributed by atoms with E-state index in [-0.39, 0.29) is 6.10 Å². The molecule has 1 fully saturated rings. The highest BCUT2D eigenvalue weighted by atomic mass is 32.1. The highest BCUT2D eigenvalue weighted by molar-refractivity contribution is 7.11. The molecule has 0 aromatic carbocycles. The molecule has 2 heterocycles. The lowest BCUT2D eigenvalue weighted by Gasteiger charge is -2.28. The number of hydrogen-bond donors (Lipinski definition) is 1. The topological polar surface area (TPSA) is 37.4 Å². The van der Waals surface area contributed by atoms with Gasteiger partial charge in [-0.05, 0) is 26.3 Å². The number of ether oxygens (including phenoxy) is 1. The zero-order chi connectivity index (χ0) is 14.8. The van der Waals surface area contributed by atoms with Crippen LogP contribution in [0.2, 0.25) is 0 Å². The number of morpholine rings is 1. The molecule has 1 aliphatic heterocycles. The van der Waals surface area contributed by atoms with E-state index < -0.39 is 0 Å². The summed E-state index contributed by atoms with van der Waals surface area (Å²) in [5.74, 6) is 0.586. The first-order valence-electron chi connectivity index (χ1n) is 8.16. The zero-order valence-corrected chi connectivity index (χ0v) is 14.2. The van der Waals surface area contributed by atoms with Gasteiger partial charge >= 0.3 is 0 Å². The van der Waals surface area contributed by atoms with Crippen molar-refractivity contribution in [3.63, 3.8) is 0 Å². The average Bonchev–Trinajstić information content (AvgIpc) is 2.89. The number of thiazole rings is 1. The Morgan fingerprint density at radius 2 is 2.33 bits per heavy atom. The van der Waals surface area contributed by atoms with Gasteiger partial charge < -0.3 is 15.0 Å². The third-order valence-corrected chi connectivity index (χ3v) is 5.63. The molecule has 0 saturated carbocycles. The van der Waals surface area contributed by atoms with Crippen molar-refractivity contribution in [1.29, 1.82) is 0 Å². The maximum atomic E-state index is 5.94. The van der Waals surface area contributed by atoms with Gasteiger partial charge in [0, 0.05) is 36.5 Å². The molecule has 2 aliphatic rings. The van der Waals surface area contributed by atoms with Crippen molar-refractivity contribution < 1.29 is 4.74 Å². The Labute approximate surface area is 131 Å². The fraction of sp³-hybridized carbons (Fsp3) is 0.812. The highest BCUT2D eigenvalue weighted by Gasteiger charge is 2.29. The van der Waals surface area contributed by atoms with Gasteiger partial charge in [0.15, 0.2) is 0 Å². The summed E-state index contributed by atoms with van der Waals surface area (Å²) in [5, 5.41) is 4.77. The molecule has 1 aromatic rings. The van der Waals surface area contributed by atoms with Crippen LogP contribution in [0, 0.1) is 0 Å². The summed E-state index contributed by atoms with van der Waals surface area (Å²) in [7, 11) is 2.17. The standard InChI is InChI=1S/C16H27N3OS/c1-11(2)17-9-12-5-4-6-14-15(12)18-16(21-14)13-10-19(3)7-8-20-13/h11-13,17H,4-10H2,1-3H3. The normalized spacial score (nSPS) is 27.0. The number of rotatable bonds is 4. The Morgan fingerprint density at radius 1 is 1.48 bits per heavy atom. The van der Waals surface area contributed by atoms with E-state index in [1.807, 2.05) is 11.3 Å². The minimum atomic E-state index is 0.179. The number of hydrogen-bond acceptors (Lipinski definition) is 5. The number of nitrogens with zero attached hydrogens (tertiary/aromatic N) is 2. The van der Waals surface area contributed by atoms with Gasteiger partial charge in [-0.15, -0.1) is 11.3 Å². The zero-order valence-electron chi connectivity index (χ0n) is 13.4. The third-order valence-electron chi connectivity index (χ3n) is 4.40. The first-order chi connectivity index (χ1) is 10.1. The molecule has 0 amide bonds. The van der Waals surface area contributed by atoms with Crippen LogP contribution in [0.4, 0.5) is 0 Å². The molecule has 118 valence electrons. The molecule has 21 heavy (non-hydrogen) atoms. The quantitative estimate of drug-likeness (QED) is 0.927. The molecule has 0 radical (unpaired) electrons. The van der Waals surface area contributed by atoms with Crippen LogP contribution in [0.3, 0.4) is 0 Å². The van der Waals surface area contributed by atoms with E-state index in [2.05, 4.69) is 31.1 Å². The van der Waals surface area contributed by atoms with E-state index in [1.165, 1.54) is 34.8 Å². The van der Waals surface area contributed by atoms with Gasteiger partial charge in [-0.1, -0.05) is 13.8 Å². The van der Waals surface area contributed by atoms with Gasteiger partial charge in [-0.25, -0.2) is 4.98 Å². The van der Waals surface area contributed by atoms with Gasteiger partial charge in [0.05, 0.1) is 12.3 Å². The van der Waals surface area contributed by atoms with Crippen molar-refractivity contribution in [2.45, 2.75) is 51.2 Å². The monoisotopic (exact) mass is 309 g/mol. The first kappa shape index (κ1) is 15.4. The first-order valence-corrected chi connectivity index (χ1v) is 8.98. The van der Waals surface area contributed by atoms with Gasteiger partial charge in [0.25, 0.3) is 0 Å². The van der Waals surface area contributed by atoms with E-state index in [4.69, 9.17) is 9.72 Å². The molecule has 1 aromatic heterocycles. The van der Waals surface area contributed by atoms with Crippen molar-refractivity contribution in [3.05, 3.63) is 15.6 Å². The second-order valence-electron chi connectivity index (χ2n) is 6.63. The lowest BCUT2D eigenvalue weighted by atomic mass is 9.91. The van der Waals surface area contributed by atoms with Gasteiger partial charge in [-0.3, -0.25) is 0 Å². The second kappa shape index (κ2) is 6.73. The molecule has 0 spiro atoms. The van der Waals surface area contributed by atoms with Gasteiger partial charge in [0.2, 0.25) is 0 Å². The Bertz CT molecular complexity index is 474. The summed E-state index contributed by atoms with van der Waals surface area (Å²) in [6.07, 6.45) is 3.94. The number of aromatic nitrogens is 1. The summed E-state index contributed by atoms with van der Waals surface area (Å²) in [4.78, 5) is 8.84. The van der Waals surface area contributed by atoms with Gasteiger partial charge in [0.1, 0.15) is 11.1 Å². The SMILES string of the molecule is CC(C)NCC1CCCc2sc(C3CN(C)CCO3)nc21. The predicted octanol–water partition coefficient (Wildman–Crippen LogP) is 2.56. The van der Waals surface area contributed by atoms with Crippen molar-refractivity contribution in [2.75, 3.05) is 33.3 Å². The van der Waals surface area contributed by atoms with Crippen LogP contribution in [0.5, 0.6) is 0 Å². The largest absolute Gasteiger partial charge is 0.368 e. The fourth-order valence-corrected chi connectivity index (χ4v) is 4.40. The van der Waals surface area contributed by atoms with Crippen LogP contribution in [0.1, 0.15) is 54.3 Å². The number of aryl methyl sites for hydroxylation is 1. The number of nitrogens with one attached hydrogen (secondary N) is 1. The van der Waals surface area contributed by atoms with Crippen LogP contribution in [-0.4, -0.2) is 49.2 Å². The van der Waals surface area contributed by atoms with Crippen LogP contribution >= 0.6 is 11.3 Å². The van der Waals surface area contributed by atoms with Crippen LogP contribution in [0.15, 0.2) is 0 Å². The molecule has 2 unspecified atom stereocenters. The minimum absolute atomic E-state index is 0.179. The maximum Gasteiger partial charge on any atom is 0.123 e. The lowest BCUT2D eigenvalue weighted by Crippen LogP contribution is -2.35. The van der Waals surface area contributed by atoms with E-state index in [0.29, 0.717) is 12.0 Å². The lowest BCUT2D eigenvalue weighted by molar-refractivity contribution is -0.0210. The van der Waals surface area contributed by atoms with E-state index in [0.717, 1.165) is 26.2 Å². The van der Waals surface area contributed by atoms with E-state index in [9.17, 15) is 0 Å². The van der Waals surface area contributed by atoms with E-state index >= 15 is 0 Å². The Hall–Kier alpha value is -0.490. The summed E-state index contributed by atoms with van der Waals surface area (Å²) < 4.78 is 5.94. The molecule has 1 aliphatic carbocycles. The van der Waals surface area contributed by atoms with Crippen molar-refractivity contribution in [2.24, 2.45) is 0 Å². The molecule has 3 rings (SSSR count). The Kier molecular flexibility index (Phi) is 4.94. The number of likely N-dealkylation sites (N-methyl/N-ethyl adjacent to an activating group) is 1. The molecule has 2 atom stereocenters. The summed E-state index contributed by atoms with van der Waals surface area (Å²) in [5.41, 5.74) is 1.35. The summed E-state index contributed by atoms with van der Waals surface area (Å²) in [6.45, 7) is 8.30. The van der Waals surface area contributed by atoms with Crippen molar-refractivity contribution in [3.8, 4) is 0 Å². The molecule has 5 heteroatoms. The minimum Gasteiger partial charge on any atom is -0.368 e. The summed E-state index contributed by atoms with van der Waals surface area (Å²) >= 11 is 1.89. The molecule has 0 bridgehead atoms. The molecular formula is C16H27N3OS. The molecular weight excluding hydrogens is 282 g/mol. The smallest absolute Gasteiger partial charge is 0.123 e.